The maximum atomic E-state index is 14.5. The molecule has 0 unspecified atom stereocenters. The summed E-state index contributed by atoms with van der Waals surface area (Å²) in [5, 5.41) is 3.55. The molecule has 0 aliphatic rings. The van der Waals surface area contributed by atoms with Crippen LogP contribution in [0.4, 0.5) is 4.39 Å². The minimum Gasteiger partial charge on any atom is -0.322 e. The highest BCUT2D eigenvalue weighted by Gasteiger charge is 2.61. The predicted octanol–water partition coefficient (Wildman–Crippen LogP) is 2.15. The van der Waals surface area contributed by atoms with Crippen molar-refractivity contribution in [3.8, 4) is 11.1 Å². The van der Waals surface area contributed by atoms with Gasteiger partial charge in [-0.3, -0.25) is 19.2 Å². The van der Waals surface area contributed by atoms with Crippen LogP contribution in [0.2, 0.25) is 0 Å². The summed E-state index contributed by atoms with van der Waals surface area (Å²) in [6, 6.07) is 8.21. The minimum atomic E-state index is -5.75. The van der Waals surface area contributed by atoms with E-state index in [0.29, 0.717) is 5.56 Å². The first kappa shape index (κ1) is 18.8. The Morgan fingerprint density at radius 2 is 1.65 bits per heavy atom. The highest BCUT2D eigenvalue weighted by Crippen LogP contribution is 2.70. The molecule has 3 aromatic rings. The molecule has 0 amide bonds. The molecule has 0 aliphatic carbocycles. The van der Waals surface area contributed by atoms with Crippen LogP contribution >= 0.6 is 15.2 Å². The van der Waals surface area contributed by atoms with E-state index in [-0.39, 0.29) is 5.69 Å². The molecule has 5 N–H and O–H groups in total. The number of fused-ring (bicyclic) bond motifs is 1. The van der Waals surface area contributed by atoms with Gasteiger partial charge in [0, 0.05) is 29.3 Å². The van der Waals surface area contributed by atoms with Gasteiger partial charge in [-0.25, -0.2) is 4.39 Å². The maximum absolute atomic E-state index is 14.5. The summed E-state index contributed by atoms with van der Waals surface area (Å²) in [6.07, 6.45) is 1.75. The molecule has 0 aliphatic heterocycles. The number of rotatable bonds is 5. The van der Waals surface area contributed by atoms with Crippen LogP contribution in [-0.4, -0.2) is 39.9 Å². The van der Waals surface area contributed by atoms with Crippen LogP contribution in [0, 0.1) is 0 Å². The number of aromatic amines is 1. The molecule has 138 valence electrons. The zero-order valence-electron chi connectivity index (χ0n) is 13.0. The Morgan fingerprint density at radius 1 is 1.00 bits per heavy atom. The van der Waals surface area contributed by atoms with Crippen LogP contribution in [0.1, 0.15) is 5.69 Å². The van der Waals surface area contributed by atoms with Crippen molar-refractivity contribution in [3.05, 3.63) is 48.4 Å². The number of benzene rings is 1. The summed E-state index contributed by atoms with van der Waals surface area (Å²) in [5.41, 5.74) is 2.04. The lowest BCUT2D eigenvalue weighted by molar-refractivity contribution is 0.221. The molecule has 1 aromatic carbocycles. The van der Waals surface area contributed by atoms with E-state index in [1.807, 2.05) is 6.07 Å². The second-order valence-corrected chi connectivity index (χ2v) is 9.64. The number of hydrogen-bond donors (Lipinski definition) is 5. The molecule has 2 aromatic heterocycles. The van der Waals surface area contributed by atoms with Gasteiger partial charge in [0.1, 0.15) is 0 Å². The third-order valence-corrected chi connectivity index (χ3v) is 7.56. The summed E-state index contributed by atoms with van der Waals surface area (Å²) < 4.78 is 37.0. The van der Waals surface area contributed by atoms with Crippen molar-refractivity contribution in [3.63, 3.8) is 0 Å². The lowest BCUT2D eigenvalue weighted by Gasteiger charge is -2.26. The van der Waals surface area contributed by atoms with Gasteiger partial charge in [0.2, 0.25) is 0 Å². The first-order valence-corrected chi connectivity index (χ1v) is 10.4. The van der Waals surface area contributed by atoms with Gasteiger partial charge in [-0.05, 0) is 23.8 Å². The summed E-state index contributed by atoms with van der Waals surface area (Å²) >= 11 is 0. The number of nitrogens with zero attached hydrogens (tertiary/aromatic N) is 2. The molecule has 0 bridgehead atoms. The van der Waals surface area contributed by atoms with Crippen LogP contribution in [-0.2, 0) is 15.6 Å². The van der Waals surface area contributed by atoms with Crippen LogP contribution in [0.25, 0.3) is 22.0 Å². The summed E-state index contributed by atoms with van der Waals surface area (Å²) in [7, 11) is -11.5. The fourth-order valence-corrected chi connectivity index (χ4v) is 4.52. The maximum Gasteiger partial charge on any atom is 0.375 e. The van der Waals surface area contributed by atoms with Crippen molar-refractivity contribution >= 4 is 26.1 Å². The monoisotopic (exact) mass is 401 g/mol. The number of H-pyrrole nitrogens is 1. The Hall–Kier alpha value is -1.93. The van der Waals surface area contributed by atoms with Crippen LogP contribution in [0.15, 0.2) is 42.7 Å². The summed E-state index contributed by atoms with van der Waals surface area (Å²) in [6.45, 7) is 0. The lowest BCUT2D eigenvalue weighted by Crippen LogP contribution is -2.26. The topological polar surface area (TPSA) is 157 Å². The highest BCUT2D eigenvalue weighted by molar-refractivity contribution is 7.72. The quantitative estimate of drug-likeness (QED) is 0.407. The average molecular weight is 401 g/mol. The summed E-state index contributed by atoms with van der Waals surface area (Å²) in [5.74, 6) is 0. The Morgan fingerprint density at radius 3 is 2.23 bits per heavy atom. The molecule has 26 heavy (non-hydrogen) atoms. The Bertz CT molecular complexity index is 1020. The minimum absolute atomic E-state index is 0.202. The Kier molecular flexibility index (Phi) is 4.60. The second-order valence-electron chi connectivity index (χ2n) is 5.69. The smallest absolute Gasteiger partial charge is 0.322 e. The average Bonchev–Trinajstić information content (AvgIpc) is 3.01. The fourth-order valence-electron chi connectivity index (χ4n) is 2.43. The van der Waals surface area contributed by atoms with Crippen molar-refractivity contribution in [1.29, 1.82) is 0 Å². The van der Waals surface area contributed by atoms with E-state index in [1.165, 1.54) is 18.3 Å². The van der Waals surface area contributed by atoms with Gasteiger partial charge in [-0.15, -0.1) is 0 Å². The molecule has 0 fully saturated rings. The van der Waals surface area contributed by atoms with Crippen LogP contribution in [0.5, 0.6) is 0 Å². The lowest BCUT2D eigenvalue weighted by atomic mass is 10.1. The first-order chi connectivity index (χ1) is 12.0. The van der Waals surface area contributed by atoms with E-state index in [1.54, 1.807) is 18.3 Å². The largest absolute Gasteiger partial charge is 0.375 e. The number of pyridine rings is 1. The van der Waals surface area contributed by atoms with Gasteiger partial charge in [0.05, 0.1) is 11.7 Å². The van der Waals surface area contributed by atoms with E-state index in [2.05, 4.69) is 15.2 Å². The SMILES string of the molecule is O=P(O)(O)C(F)(Cc1ccc(-c2ccc3[nH]ncc3c2)cn1)P(=O)(O)O. The number of nitrogens with one attached hydrogen (secondary N) is 1. The van der Waals surface area contributed by atoms with Crippen molar-refractivity contribution in [2.24, 2.45) is 0 Å². The zero-order chi connectivity index (χ0) is 19.2. The molecule has 3 rings (SSSR count). The molecule has 9 nitrogen and oxygen atoms in total. The molecule has 0 saturated carbocycles. The number of halogens is 1. The number of hydrogen-bond acceptors (Lipinski definition) is 4. The van der Waals surface area contributed by atoms with E-state index in [0.717, 1.165) is 16.5 Å². The van der Waals surface area contributed by atoms with Gasteiger partial charge in [0.25, 0.3) is 0 Å². The molecule has 0 spiro atoms. The second kappa shape index (κ2) is 6.35. The van der Waals surface area contributed by atoms with Gasteiger partial charge >= 0.3 is 20.3 Å². The Balaban J connectivity index is 1.91. The van der Waals surface area contributed by atoms with Gasteiger partial charge in [0.15, 0.2) is 0 Å². The van der Waals surface area contributed by atoms with E-state index >= 15 is 0 Å². The molecule has 2 heterocycles. The predicted molar refractivity (Wildman–Crippen MR) is 91.0 cm³/mol. The van der Waals surface area contributed by atoms with Gasteiger partial charge in [-0.1, -0.05) is 12.1 Å². The van der Waals surface area contributed by atoms with Gasteiger partial charge in [-0.2, -0.15) is 5.10 Å². The number of alkyl halides is 1. The molecule has 12 heteroatoms. The van der Waals surface area contributed by atoms with Crippen LogP contribution in [0.3, 0.4) is 0 Å². The van der Waals surface area contributed by atoms with Crippen molar-refractivity contribution in [2.45, 2.75) is 11.6 Å². The first-order valence-electron chi connectivity index (χ1n) is 7.20. The van der Waals surface area contributed by atoms with E-state index in [9.17, 15) is 13.5 Å². The molecular formula is C14H14FN3O6P2. The summed E-state index contributed by atoms with van der Waals surface area (Å²) in [4.78, 5) is 40.1. The molecule has 0 saturated heterocycles. The molecule has 0 atom stereocenters. The third-order valence-electron chi connectivity index (χ3n) is 3.90. The third kappa shape index (κ3) is 3.35. The van der Waals surface area contributed by atoms with Crippen molar-refractivity contribution < 1.29 is 33.1 Å². The molecular weight excluding hydrogens is 387 g/mol. The molecule has 0 radical (unpaired) electrons. The highest BCUT2D eigenvalue weighted by atomic mass is 31.2. The normalized spacial score (nSPS) is 13.3. The van der Waals surface area contributed by atoms with Crippen molar-refractivity contribution in [2.75, 3.05) is 0 Å². The Labute approximate surface area is 146 Å². The number of aromatic nitrogens is 3. The van der Waals surface area contributed by atoms with Crippen LogP contribution < -0.4 is 0 Å². The zero-order valence-corrected chi connectivity index (χ0v) is 14.8. The van der Waals surface area contributed by atoms with E-state index in [4.69, 9.17) is 19.6 Å². The standard InChI is InChI=1S/C14H14FN3O6P2/c15-14(25(19,20)21,26(22,23)24)6-12-3-1-10(7-16-12)9-2-4-13-11(5-9)8-17-18-13/h1-5,7-8H,6H2,(H,17,18)(H2,19,20,21)(H2,22,23,24). The fraction of sp³-hybridized carbons (Fsp3) is 0.143. The van der Waals surface area contributed by atoms with Gasteiger partial charge < -0.3 is 19.6 Å². The van der Waals surface area contributed by atoms with Crippen molar-refractivity contribution in [1.82, 2.24) is 15.2 Å². The van der Waals surface area contributed by atoms with E-state index < -0.39 is 26.8 Å².